The van der Waals surface area contributed by atoms with Crippen molar-refractivity contribution in [3.8, 4) is 0 Å². The topological polar surface area (TPSA) is 24.9 Å². The molecular formula is C13H15BrN2S. The first-order valence-corrected chi connectivity index (χ1v) is 7.23. The van der Waals surface area contributed by atoms with Gasteiger partial charge in [-0.2, -0.15) is 0 Å². The Kier molecular flexibility index (Phi) is 4.18. The van der Waals surface area contributed by atoms with Crippen LogP contribution in [0.1, 0.15) is 16.3 Å². The van der Waals surface area contributed by atoms with E-state index in [2.05, 4.69) is 56.7 Å². The fraction of sp³-hybridized carbons (Fsp3) is 0.308. The highest BCUT2D eigenvalue weighted by molar-refractivity contribution is 9.10. The molecule has 0 spiro atoms. The summed E-state index contributed by atoms with van der Waals surface area (Å²) in [6, 6.07) is 6.31. The largest absolute Gasteiger partial charge is 0.385 e. The number of hydrogen-bond acceptors (Lipinski definition) is 3. The summed E-state index contributed by atoms with van der Waals surface area (Å²) in [5, 5.41) is 6.71. The zero-order chi connectivity index (χ0) is 12.3. The molecule has 0 aliphatic rings. The fourth-order valence-corrected chi connectivity index (χ4v) is 2.61. The van der Waals surface area contributed by atoms with E-state index in [4.69, 9.17) is 0 Å². The summed E-state index contributed by atoms with van der Waals surface area (Å²) in [6.07, 6.45) is 0.980. The van der Waals surface area contributed by atoms with Crippen LogP contribution in [0.3, 0.4) is 0 Å². The van der Waals surface area contributed by atoms with Crippen molar-refractivity contribution in [3.05, 3.63) is 44.3 Å². The Hall–Kier alpha value is -0.870. The van der Waals surface area contributed by atoms with E-state index in [1.165, 1.54) is 16.3 Å². The molecule has 17 heavy (non-hydrogen) atoms. The van der Waals surface area contributed by atoms with E-state index in [1.54, 1.807) is 11.3 Å². The number of aromatic nitrogens is 1. The third-order valence-electron chi connectivity index (χ3n) is 2.49. The second-order valence-corrected chi connectivity index (χ2v) is 5.82. The zero-order valence-electron chi connectivity index (χ0n) is 9.96. The van der Waals surface area contributed by atoms with Gasteiger partial charge in [-0.3, -0.25) is 0 Å². The van der Waals surface area contributed by atoms with Crippen molar-refractivity contribution in [1.82, 2.24) is 4.98 Å². The molecule has 2 aromatic rings. The number of nitrogens with zero attached hydrogens (tertiary/aromatic N) is 1. The molecule has 1 aromatic heterocycles. The number of anilines is 1. The first kappa shape index (κ1) is 12.6. The maximum atomic E-state index is 4.44. The number of halogens is 1. The van der Waals surface area contributed by atoms with Crippen molar-refractivity contribution in [1.29, 1.82) is 0 Å². The van der Waals surface area contributed by atoms with Gasteiger partial charge in [0.1, 0.15) is 0 Å². The average molecular weight is 311 g/mol. The number of benzene rings is 1. The van der Waals surface area contributed by atoms with Gasteiger partial charge in [0, 0.05) is 34.2 Å². The predicted molar refractivity (Wildman–Crippen MR) is 77.9 cm³/mol. The summed E-state index contributed by atoms with van der Waals surface area (Å²) in [6.45, 7) is 5.05. The first-order valence-electron chi connectivity index (χ1n) is 5.56. The monoisotopic (exact) mass is 310 g/mol. The molecule has 0 fully saturated rings. The van der Waals surface area contributed by atoms with Crippen molar-refractivity contribution in [3.63, 3.8) is 0 Å². The van der Waals surface area contributed by atoms with Crippen LogP contribution in [0.2, 0.25) is 0 Å². The molecular weight excluding hydrogens is 296 g/mol. The van der Waals surface area contributed by atoms with Crippen molar-refractivity contribution in [2.24, 2.45) is 0 Å². The van der Waals surface area contributed by atoms with Gasteiger partial charge in [0.2, 0.25) is 0 Å². The van der Waals surface area contributed by atoms with Gasteiger partial charge >= 0.3 is 0 Å². The van der Waals surface area contributed by atoms with Crippen molar-refractivity contribution in [2.45, 2.75) is 20.3 Å². The van der Waals surface area contributed by atoms with E-state index in [-0.39, 0.29) is 0 Å². The van der Waals surface area contributed by atoms with Crippen LogP contribution in [-0.2, 0) is 6.42 Å². The van der Waals surface area contributed by atoms with E-state index in [1.807, 2.05) is 6.92 Å². The quantitative estimate of drug-likeness (QED) is 0.916. The number of hydrogen-bond donors (Lipinski definition) is 1. The minimum absolute atomic E-state index is 0.925. The predicted octanol–water partition coefficient (Wildman–Crippen LogP) is 4.18. The molecule has 2 rings (SSSR count). The van der Waals surface area contributed by atoms with Gasteiger partial charge in [-0.05, 0) is 37.6 Å². The van der Waals surface area contributed by atoms with Gasteiger partial charge in [-0.15, -0.1) is 11.3 Å². The number of thiazole rings is 1. The summed E-state index contributed by atoms with van der Waals surface area (Å²) in [4.78, 5) is 4.44. The third kappa shape index (κ3) is 3.54. The first-order chi connectivity index (χ1) is 8.15. The highest BCUT2D eigenvalue weighted by Crippen LogP contribution is 2.20. The molecule has 0 amide bonds. The van der Waals surface area contributed by atoms with Crippen molar-refractivity contribution < 1.29 is 0 Å². The molecule has 1 N–H and O–H groups in total. The minimum atomic E-state index is 0.925. The number of nitrogens with one attached hydrogen (secondary N) is 1. The third-order valence-corrected chi connectivity index (χ3v) is 4.41. The molecule has 0 saturated carbocycles. The Labute approximate surface area is 114 Å². The molecule has 0 radical (unpaired) electrons. The summed E-state index contributed by atoms with van der Waals surface area (Å²) < 4.78 is 1.15. The van der Waals surface area contributed by atoms with Crippen LogP contribution in [0.25, 0.3) is 0 Å². The van der Waals surface area contributed by atoms with Gasteiger partial charge in [0.05, 0.1) is 5.01 Å². The molecule has 0 aliphatic carbocycles. The Bertz CT molecular complexity index is 508. The lowest BCUT2D eigenvalue weighted by molar-refractivity contribution is 0.986. The molecule has 0 aliphatic heterocycles. The Morgan fingerprint density at radius 3 is 2.82 bits per heavy atom. The summed E-state index contributed by atoms with van der Waals surface area (Å²) in [5.41, 5.74) is 3.53. The van der Waals surface area contributed by atoms with Crippen LogP contribution in [-0.4, -0.2) is 11.5 Å². The van der Waals surface area contributed by atoms with E-state index in [9.17, 15) is 0 Å². The van der Waals surface area contributed by atoms with Crippen LogP contribution >= 0.6 is 27.3 Å². The van der Waals surface area contributed by atoms with E-state index < -0.39 is 0 Å². The molecule has 1 heterocycles. The maximum absolute atomic E-state index is 4.44. The fourth-order valence-electron chi connectivity index (χ4n) is 1.59. The normalized spacial score (nSPS) is 10.5. The lowest BCUT2D eigenvalue weighted by Gasteiger charge is -2.07. The Morgan fingerprint density at radius 2 is 2.18 bits per heavy atom. The second kappa shape index (κ2) is 5.65. The van der Waals surface area contributed by atoms with Gasteiger partial charge < -0.3 is 5.32 Å². The van der Waals surface area contributed by atoms with Gasteiger partial charge in [0.25, 0.3) is 0 Å². The van der Waals surface area contributed by atoms with Crippen LogP contribution in [0, 0.1) is 13.8 Å². The highest BCUT2D eigenvalue weighted by Gasteiger charge is 2.00. The smallest absolute Gasteiger partial charge is 0.0945 e. The number of aryl methyl sites for hydroxylation is 2. The average Bonchev–Trinajstić information content (AvgIpc) is 2.70. The summed E-state index contributed by atoms with van der Waals surface area (Å²) in [7, 11) is 0. The molecule has 4 heteroatoms. The molecule has 1 aromatic carbocycles. The Morgan fingerprint density at radius 1 is 1.35 bits per heavy atom. The Balaban J connectivity index is 1.87. The molecule has 90 valence electrons. The van der Waals surface area contributed by atoms with Gasteiger partial charge in [0.15, 0.2) is 0 Å². The number of rotatable bonds is 4. The van der Waals surface area contributed by atoms with Crippen molar-refractivity contribution in [2.75, 3.05) is 11.9 Å². The van der Waals surface area contributed by atoms with Crippen molar-refractivity contribution >= 4 is 33.0 Å². The lowest BCUT2D eigenvalue weighted by atomic mass is 10.2. The zero-order valence-corrected chi connectivity index (χ0v) is 12.4. The maximum Gasteiger partial charge on any atom is 0.0945 e. The van der Waals surface area contributed by atoms with E-state index >= 15 is 0 Å². The lowest BCUT2D eigenvalue weighted by Crippen LogP contribution is -2.04. The van der Waals surface area contributed by atoms with Crippen LogP contribution in [0.15, 0.2) is 28.1 Å². The van der Waals surface area contributed by atoms with Crippen LogP contribution in [0.5, 0.6) is 0 Å². The highest BCUT2D eigenvalue weighted by atomic mass is 79.9. The summed E-state index contributed by atoms with van der Waals surface area (Å²) in [5.74, 6) is 0. The van der Waals surface area contributed by atoms with E-state index in [0.717, 1.165) is 23.1 Å². The second-order valence-electron chi connectivity index (χ2n) is 4.02. The van der Waals surface area contributed by atoms with Gasteiger partial charge in [-0.1, -0.05) is 15.9 Å². The van der Waals surface area contributed by atoms with E-state index in [0.29, 0.717) is 0 Å². The minimum Gasteiger partial charge on any atom is -0.385 e. The molecule has 0 unspecified atom stereocenters. The SMILES string of the molecule is Cc1csc(CCNc2ccc(Br)c(C)c2)n1. The molecule has 0 bridgehead atoms. The standard InChI is InChI=1S/C13H15BrN2S/c1-9-7-11(3-4-12(9)14)15-6-5-13-16-10(2)8-17-13/h3-4,7-8,15H,5-6H2,1-2H3. The molecule has 0 saturated heterocycles. The van der Waals surface area contributed by atoms with Crippen LogP contribution in [0.4, 0.5) is 5.69 Å². The summed E-state index contributed by atoms with van der Waals surface area (Å²) >= 11 is 5.23. The van der Waals surface area contributed by atoms with Gasteiger partial charge in [-0.25, -0.2) is 4.98 Å². The molecule has 0 atom stereocenters. The van der Waals surface area contributed by atoms with Crippen LogP contribution < -0.4 is 5.32 Å². The molecule has 2 nitrogen and oxygen atoms in total.